The third kappa shape index (κ3) is 3.87. The molecule has 0 aliphatic carbocycles. The van der Waals surface area contributed by atoms with Crippen LogP contribution in [0.1, 0.15) is 50.9 Å². The molecule has 0 aliphatic rings. The zero-order chi connectivity index (χ0) is 14.6. The van der Waals surface area contributed by atoms with Crippen molar-refractivity contribution in [2.24, 2.45) is 0 Å². The van der Waals surface area contributed by atoms with Gasteiger partial charge < -0.3 is 4.90 Å². The Kier molecular flexibility index (Phi) is 6.15. The fourth-order valence-electron chi connectivity index (χ4n) is 2.03. The van der Waals surface area contributed by atoms with Crippen LogP contribution < -0.4 is 0 Å². The molecule has 0 spiro atoms. The summed E-state index contributed by atoms with van der Waals surface area (Å²) < 4.78 is 0. The van der Waals surface area contributed by atoms with E-state index >= 15 is 0 Å². The molecule has 1 amide bonds. The summed E-state index contributed by atoms with van der Waals surface area (Å²) in [7, 11) is 0. The maximum absolute atomic E-state index is 12.7. The number of rotatable bonds is 5. The highest BCUT2D eigenvalue weighted by Crippen LogP contribution is 2.24. The van der Waals surface area contributed by atoms with E-state index in [0.717, 1.165) is 12.8 Å². The van der Waals surface area contributed by atoms with E-state index in [4.69, 9.17) is 23.2 Å². The van der Waals surface area contributed by atoms with Crippen molar-refractivity contribution in [2.75, 3.05) is 0 Å². The van der Waals surface area contributed by atoms with Crippen molar-refractivity contribution >= 4 is 29.1 Å². The molecule has 1 rings (SSSR count). The first-order chi connectivity index (χ1) is 8.92. The number of carbonyl (C=O) groups is 1. The summed E-state index contributed by atoms with van der Waals surface area (Å²) in [5.74, 6) is -0.0452. The maximum Gasteiger partial charge on any atom is 0.255 e. The Morgan fingerprint density at radius 3 is 2.16 bits per heavy atom. The van der Waals surface area contributed by atoms with Crippen LogP contribution in [0.25, 0.3) is 0 Å². The molecule has 0 aliphatic heterocycles. The molecule has 2 nitrogen and oxygen atoms in total. The van der Waals surface area contributed by atoms with Crippen LogP contribution in [-0.4, -0.2) is 22.9 Å². The number of benzene rings is 1. The Hall–Kier alpha value is -0.730. The topological polar surface area (TPSA) is 20.3 Å². The average molecular weight is 302 g/mol. The number of nitrogens with zero attached hydrogens (tertiary/aromatic N) is 1. The van der Waals surface area contributed by atoms with Crippen LogP contribution in [0.4, 0.5) is 0 Å². The second-order valence-corrected chi connectivity index (χ2v) is 5.69. The molecule has 0 saturated carbocycles. The van der Waals surface area contributed by atoms with Crippen LogP contribution in [0.2, 0.25) is 10.0 Å². The van der Waals surface area contributed by atoms with Gasteiger partial charge >= 0.3 is 0 Å². The fraction of sp³-hybridized carbons (Fsp3) is 0.533. The van der Waals surface area contributed by atoms with Gasteiger partial charge in [-0.2, -0.15) is 0 Å². The van der Waals surface area contributed by atoms with E-state index in [1.807, 2.05) is 4.90 Å². The number of carbonyl (C=O) groups excluding carboxylic acids is 1. The van der Waals surface area contributed by atoms with Crippen molar-refractivity contribution in [3.05, 3.63) is 33.8 Å². The van der Waals surface area contributed by atoms with Gasteiger partial charge in [0.05, 0.1) is 10.6 Å². The zero-order valence-electron chi connectivity index (χ0n) is 11.9. The van der Waals surface area contributed by atoms with Crippen LogP contribution in [0.3, 0.4) is 0 Å². The normalized spacial score (nSPS) is 14.0. The first-order valence-corrected chi connectivity index (χ1v) is 7.45. The molecule has 0 unspecified atom stereocenters. The quantitative estimate of drug-likeness (QED) is 0.746. The van der Waals surface area contributed by atoms with Crippen molar-refractivity contribution < 1.29 is 4.79 Å². The fourth-order valence-corrected chi connectivity index (χ4v) is 2.40. The van der Waals surface area contributed by atoms with Gasteiger partial charge in [-0.3, -0.25) is 4.79 Å². The molecule has 19 heavy (non-hydrogen) atoms. The zero-order valence-corrected chi connectivity index (χ0v) is 13.4. The third-order valence-electron chi connectivity index (χ3n) is 3.52. The summed E-state index contributed by atoms with van der Waals surface area (Å²) in [4.78, 5) is 14.6. The van der Waals surface area contributed by atoms with Gasteiger partial charge in [-0.1, -0.05) is 37.0 Å². The van der Waals surface area contributed by atoms with E-state index in [1.165, 1.54) is 0 Å². The molecule has 1 aromatic rings. The molecule has 0 radical (unpaired) electrons. The standard InChI is InChI=1S/C15H21Cl2NO/c1-5-10(3)18(11(4)6-2)15(19)13-9-12(16)7-8-14(13)17/h7-11H,5-6H2,1-4H3/t10-,11+. The van der Waals surface area contributed by atoms with Gasteiger partial charge in [0.2, 0.25) is 0 Å². The lowest BCUT2D eigenvalue weighted by Crippen LogP contribution is -2.44. The molecular formula is C15H21Cl2NO. The number of halogens is 2. The minimum absolute atomic E-state index is 0.0452. The molecule has 0 saturated heterocycles. The van der Waals surface area contributed by atoms with Gasteiger partial charge in [-0.05, 0) is 44.9 Å². The van der Waals surface area contributed by atoms with Crippen molar-refractivity contribution in [2.45, 2.75) is 52.6 Å². The monoisotopic (exact) mass is 301 g/mol. The van der Waals surface area contributed by atoms with E-state index < -0.39 is 0 Å². The SMILES string of the molecule is CC[C@@H](C)N(C(=O)c1cc(Cl)ccc1Cl)[C@@H](C)CC. The number of amides is 1. The van der Waals surface area contributed by atoms with Crippen LogP contribution in [0.15, 0.2) is 18.2 Å². The van der Waals surface area contributed by atoms with Crippen LogP contribution >= 0.6 is 23.2 Å². The van der Waals surface area contributed by atoms with Gasteiger partial charge in [0.15, 0.2) is 0 Å². The summed E-state index contributed by atoms with van der Waals surface area (Å²) in [6.45, 7) is 8.27. The molecule has 0 N–H and O–H groups in total. The lowest BCUT2D eigenvalue weighted by Gasteiger charge is -2.34. The Bertz CT molecular complexity index is 438. The predicted molar refractivity (Wildman–Crippen MR) is 82.1 cm³/mol. The second-order valence-electron chi connectivity index (χ2n) is 4.85. The van der Waals surface area contributed by atoms with Gasteiger partial charge in [0.25, 0.3) is 5.91 Å². The molecule has 0 fully saturated rings. The molecular weight excluding hydrogens is 281 g/mol. The summed E-state index contributed by atoms with van der Waals surface area (Å²) >= 11 is 12.1. The smallest absolute Gasteiger partial charge is 0.255 e. The number of hydrogen-bond donors (Lipinski definition) is 0. The summed E-state index contributed by atoms with van der Waals surface area (Å²) in [6.07, 6.45) is 1.82. The largest absolute Gasteiger partial charge is 0.333 e. The van der Waals surface area contributed by atoms with Gasteiger partial charge in [0, 0.05) is 17.1 Å². The third-order valence-corrected chi connectivity index (χ3v) is 4.09. The lowest BCUT2D eigenvalue weighted by molar-refractivity contribution is 0.0598. The Morgan fingerprint density at radius 1 is 1.16 bits per heavy atom. The molecule has 4 heteroatoms. The van der Waals surface area contributed by atoms with E-state index in [9.17, 15) is 4.79 Å². The van der Waals surface area contributed by atoms with Crippen LogP contribution in [-0.2, 0) is 0 Å². The van der Waals surface area contributed by atoms with Crippen LogP contribution in [0, 0.1) is 0 Å². The molecule has 1 aromatic carbocycles. The van der Waals surface area contributed by atoms with E-state index in [2.05, 4.69) is 27.7 Å². The van der Waals surface area contributed by atoms with Crippen molar-refractivity contribution in [3.8, 4) is 0 Å². The molecule has 2 atom stereocenters. The Balaban J connectivity index is 3.15. The van der Waals surface area contributed by atoms with E-state index in [-0.39, 0.29) is 18.0 Å². The molecule has 0 heterocycles. The van der Waals surface area contributed by atoms with Gasteiger partial charge in [0.1, 0.15) is 0 Å². The molecule has 0 aromatic heterocycles. The van der Waals surface area contributed by atoms with E-state index in [1.54, 1.807) is 18.2 Å². The van der Waals surface area contributed by atoms with Crippen LogP contribution in [0.5, 0.6) is 0 Å². The summed E-state index contributed by atoms with van der Waals surface area (Å²) in [6, 6.07) is 5.36. The minimum Gasteiger partial charge on any atom is -0.333 e. The van der Waals surface area contributed by atoms with Crippen molar-refractivity contribution in [1.29, 1.82) is 0 Å². The maximum atomic E-state index is 12.7. The predicted octanol–water partition coefficient (Wildman–Crippen LogP) is 5.03. The highest BCUT2D eigenvalue weighted by molar-refractivity contribution is 6.35. The van der Waals surface area contributed by atoms with Gasteiger partial charge in [-0.25, -0.2) is 0 Å². The first kappa shape index (κ1) is 16.3. The second kappa shape index (κ2) is 7.16. The van der Waals surface area contributed by atoms with Gasteiger partial charge in [-0.15, -0.1) is 0 Å². The van der Waals surface area contributed by atoms with Crippen molar-refractivity contribution in [1.82, 2.24) is 4.90 Å². The summed E-state index contributed by atoms with van der Waals surface area (Å²) in [5.41, 5.74) is 0.481. The Morgan fingerprint density at radius 2 is 1.68 bits per heavy atom. The van der Waals surface area contributed by atoms with Crippen molar-refractivity contribution in [3.63, 3.8) is 0 Å². The average Bonchev–Trinajstić information content (AvgIpc) is 2.40. The van der Waals surface area contributed by atoms with E-state index in [0.29, 0.717) is 15.6 Å². The lowest BCUT2D eigenvalue weighted by atomic mass is 10.1. The minimum atomic E-state index is -0.0452. The first-order valence-electron chi connectivity index (χ1n) is 6.70. The highest BCUT2D eigenvalue weighted by Gasteiger charge is 2.26. The molecule has 106 valence electrons. The molecule has 0 bridgehead atoms. The highest BCUT2D eigenvalue weighted by atomic mass is 35.5. The summed E-state index contributed by atoms with van der Waals surface area (Å²) in [5, 5.41) is 0.979. The number of hydrogen-bond acceptors (Lipinski definition) is 1. The Labute approximate surface area is 125 Å².